The number of anilines is 1. The smallest absolute Gasteiger partial charge is 0.258 e. The van der Waals surface area contributed by atoms with E-state index < -0.39 is 17.5 Å². The zero-order valence-corrected chi connectivity index (χ0v) is 11.1. The third-order valence-electron chi connectivity index (χ3n) is 2.89. The molecule has 4 nitrogen and oxygen atoms in total. The van der Waals surface area contributed by atoms with Gasteiger partial charge in [0.15, 0.2) is 0 Å². The van der Waals surface area contributed by atoms with Crippen molar-refractivity contribution < 1.29 is 18.8 Å². The number of hydrogen-bond acceptors (Lipinski definition) is 3. The van der Waals surface area contributed by atoms with Gasteiger partial charge in [-0.25, -0.2) is 8.78 Å². The third-order valence-corrected chi connectivity index (χ3v) is 2.89. The number of nitrogens with one attached hydrogen (secondary N) is 1. The summed E-state index contributed by atoms with van der Waals surface area (Å²) in [5.41, 5.74) is 0.882. The number of para-hydroxylation sites is 1. The van der Waals surface area contributed by atoms with Crippen molar-refractivity contribution >= 4 is 17.3 Å². The fourth-order valence-corrected chi connectivity index (χ4v) is 1.82. The zero-order chi connectivity index (χ0) is 15.4. The molecule has 21 heavy (non-hydrogen) atoms. The molecule has 108 valence electrons. The van der Waals surface area contributed by atoms with E-state index in [0.717, 1.165) is 12.1 Å². The van der Waals surface area contributed by atoms with E-state index >= 15 is 0 Å². The summed E-state index contributed by atoms with van der Waals surface area (Å²) >= 11 is 0. The van der Waals surface area contributed by atoms with Crippen LogP contribution in [-0.4, -0.2) is 16.8 Å². The van der Waals surface area contributed by atoms with E-state index in [2.05, 4.69) is 10.5 Å². The molecule has 0 aliphatic heterocycles. The van der Waals surface area contributed by atoms with Crippen LogP contribution in [-0.2, 0) is 0 Å². The van der Waals surface area contributed by atoms with Gasteiger partial charge in [0.1, 0.15) is 11.6 Å². The van der Waals surface area contributed by atoms with Crippen molar-refractivity contribution in [1.29, 1.82) is 0 Å². The molecule has 0 aromatic heterocycles. The summed E-state index contributed by atoms with van der Waals surface area (Å²) in [6.07, 6.45) is 0. The molecule has 0 radical (unpaired) electrons. The second-order valence-electron chi connectivity index (χ2n) is 4.31. The van der Waals surface area contributed by atoms with Gasteiger partial charge in [0.05, 0.1) is 17.0 Å². The number of carbonyl (C=O) groups is 1. The van der Waals surface area contributed by atoms with Crippen molar-refractivity contribution in [2.45, 2.75) is 6.92 Å². The van der Waals surface area contributed by atoms with Gasteiger partial charge in [-0.15, -0.1) is 0 Å². The van der Waals surface area contributed by atoms with Crippen molar-refractivity contribution in [3.8, 4) is 0 Å². The molecular formula is C15H12F2N2O2. The lowest BCUT2D eigenvalue weighted by Crippen LogP contribution is -2.16. The molecule has 0 aliphatic carbocycles. The number of rotatable bonds is 3. The van der Waals surface area contributed by atoms with E-state index in [1.54, 1.807) is 31.2 Å². The van der Waals surface area contributed by atoms with Crippen LogP contribution < -0.4 is 5.32 Å². The minimum absolute atomic E-state index is 0.273. The number of carbonyl (C=O) groups excluding carboxylic acids is 1. The predicted octanol–water partition coefficient (Wildman–Crippen LogP) is 3.42. The van der Waals surface area contributed by atoms with E-state index in [0.29, 0.717) is 23.0 Å². The lowest BCUT2D eigenvalue weighted by molar-refractivity contribution is 0.102. The molecule has 0 aliphatic rings. The number of oxime groups is 1. The first-order chi connectivity index (χ1) is 10.0. The zero-order valence-electron chi connectivity index (χ0n) is 11.1. The Morgan fingerprint density at radius 1 is 1.14 bits per heavy atom. The maximum absolute atomic E-state index is 13.6. The van der Waals surface area contributed by atoms with Crippen LogP contribution in [0.15, 0.2) is 47.6 Å². The van der Waals surface area contributed by atoms with Gasteiger partial charge in [0.25, 0.3) is 5.91 Å². The Hall–Kier alpha value is -2.76. The maximum Gasteiger partial charge on any atom is 0.258 e. The molecule has 0 bridgehead atoms. The van der Waals surface area contributed by atoms with Crippen molar-refractivity contribution in [3.05, 3.63) is 65.2 Å². The van der Waals surface area contributed by atoms with Crippen molar-refractivity contribution in [3.63, 3.8) is 0 Å². The Morgan fingerprint density at radius 2 is 1.86 bits per heavy atom. The van der Waals surface area contributed by atoms with Gasteiger partial charge >= 0.3 is 0 Å². The van der Waals surface area contributed by atoms with Crippen LogP contribution in [0, 0.1) is 11.6 Å². The molecule has 0 saturated carbocycles. The Labute approximate surface area is 119 Å². The number of halogens is 2. The molecule has 2 aromatic rings. The number of hydrogen-bond donors (Lipinski definition) is 2. The first-order valence-electron chi connectivity index (χ1n) is 6.07. The minimum Gasteiger partial charge on any atom is -0.411 e. The molecule has 0 spiro atoms. The third kappa shape index (κ3) is 3.22. The quantitative estimate of drug-likeness (QED) is 0.517. The summed E-state index contributed by atoms with van der Waals surface area (Å²) in [5.74, 6) is -2.42. The van der Waals surface area contributed by atoms with Gasteiger partial charge in [-0.1, -0.05) is 23.4 Å². The molecule has 0 atom stereocenters. The minimum atomic E-state index is -0.947. The van der Waals surface area contributed by atoms with Gasteiger partial charge in [-0.3, -0.25) is 4.79 Å². The Kier molecular flexibility index (Phi) is 4.27. The molecule has 1 amide bonds. The Morgan fingerprint density at radius 3 is 2.52 bits per heavy atom. The number of benzene rings is 2. The first-order valence-corrected chi connectivity index (χ1v) is 6.07. The summed E-state index contributed by atoms with van der Waals surface area (Å²) in [7, 11) is 0. The van der Waals surface area contributed by atoms with Crippen molar-refractivity contribution in [1.82, 2.24) is 0 Å². The fraction of sp³-hybridized carbons (Fsp3) is 0.0667. The van der Waals surface area contributed by atoms with E-state index in [9.17, 15) is 13.6 Å². The molecule has 0 fully saturated rings. The average molecular weight is 290 g/mol. The Balaban J connectivity index is 2.32. The highest BCUT2D eigenvalue weighted by Gasteiger charge is 2.14. The highest BCUT2D eigenvalue weighted by Crippen LogP contribution is 2.18. The number of amides is 1. The van der Waals surface area contributed by atoms with Gasteiger partial charge in [0, 0.05) is 11.6 Å². The average Bonchev–Trinajstić information content (AvgIpc) is 2.46. The molecule has 0 heterocycles. The summed E-state index contributed by atoms with van der Waals surface area (Å²) in [6.45, 7) is 1.56. The molecule has 0 unspecified atom stereocenters. The second-order valence-corrected chi connectivity index (χ2v) is 4.31. The van der Waals surface area contributed by atoms with Crippen LogP contribution in [0.4, 0.5) is 14.5 Å². The summed E-state index contributed by atoms with van der Waals surface area (Å²) in [6, 6.07) is 9.32. The van der Waals surface area contributed by atoms with Gasteiger partial charge < -0.3 is 10.5 Å². The molecule has 2 N–H and O–H groups in total. The van der Waals surface area contributed by atoms with Crippen LogP contribution in [0.2, 0.25) is 0 Å². The molecule has 2 rings (SSSR count). The molecular weight excluding hydrogens is 278 g/mol. The normalized spacial score (nSPS) is 11.3. The van der Waals surface area contributed by atoms with E-state index in [-0.39, 0.29) is 5.56 Å². The first kappa shape index (κ1) is 14.6. The maximum atomic E-state index is 13.6. The highest BCUT2D eigenvalue weighted by atomic mass is 19.1. The van der Waals surface area contributed by atoms with E-state index in [4.69, 9.17) is 5.21 Å². The molecule has 0 saturated heterocycles. The van der Waals surface area contributed by atoms with Gasteiger partial charge in [-0.2, -0.15) is 0 Å². The molecule has 6 heteroatoms. The SMILES string of the molecule is C/C(=N\O)c1ccccc1NC(=O)c1ccc(F)cc1F. The van der Waals surface area contributed by atoms with Crippen LogP contribution in [0.1, 0.15) is 22.8 Å². The van der Waals surface area contributed by atoms with E-state index in [1.165, 1.54) is 0 Å². The number of nitrogens with zero attached hydrogens (tertiary/aromatic N) is 1. The Bertz CT molecular complexity index is 715. The largest absolute Gasteiger partial charge is 0.411 e. The standard InChI is InChI=1S/C15H12F2N2O2/c1-9(19-21)11-4-2-3-5-14(11)18-15(20)12-7-6-10(16)8-13(12)17/h2-8,21H,1H3,(H,18,20)/b19-9+. The van der Waals surface area contributed by atoms with Crippen LogP contribution in [0.25, 0.3) is 0 Å². The summed E-state index contributed by atoms with van der Waals surface area (Å²) in [5, 5.41) is 14.4. The molecule has 2 aromatic carbocycles. The fourth-order valence-electron chi connectivity index (χ4n) is 1.82. The summed E-state index contributed by atoms with van der Waals surface area (Å²) < 4.78 is 26.4. The predicted molar refractivity (Wildman–Crippen MR) is 74.8 cm³/mol. The lowest BCUT2D eigenvalue weighted by atomic mass is 10.1. The highest BCUT2D eigenvalue weighted by molar-refractivity contribution is 6.10. The van der Waals surface area contributed by atoms with Gasteiger partial charge in [-0.05, 0) is 25.1 Å². The van der Waals surface area contributed by atoms with Gasteiger partial charge in [0.2, 0.25) is 0 Å². The summed E-state index contributed by atoms with van der Waals surface area (Å²) in [4.78, 5) is 12.0. The van der Waals surface area contributed by atoms with Crippen molar-refractivity contribution in [2.24, 2.45) is 5.16 Å². The monoisotopic (exact) mass is 290 g/mol. The van der Waals surface area contributed by atoms with Crippen LogP contribution >= 0.6 is 0 Å². The van der Waals surface area contributed by atoms with Crippen LogP contribution in [0.5, 0.6) is 0 Å². The van der Waals surface area contributed by atoms with Crippen molar-refractivity contribution in [2.75, 3.05) is 5.32 Å². The topological polar surface area (TPSA) is 61.7 Å². The van der Waals surface area contributed by atoms with E-state index in [1.807, 2.05) is 0 Å². The lowest BCUT2D eigenvalue weighted by Gasteiger charge is -2.10. The van der Waals surface area contributed by atoms with Crippen LogP contribution in [0.3, 0.4) is 0 Å². The second kappa shape index (κ2) is 6.13.